The summed E-state index contributed by atoms with van der Waals surface area (Å²) in [4.78, 5) is 15.1. The molecule has 1 aromatic heterocycles. The van der Waals surface area contributed by atoms with Gasteiger partial charge in [-0.15, -0.1) is 0 Å². The summed E-state index contributed by atoms with van der Waals surface area (Å²) < 4.78 is 9.74. The first-order valence-electron chi connectivity index (χ1n) is 3.95. The second-order valence-corrected chi connectivity index (χ2v) is 2.27. The van der Waals surface area contributed by atoms with E-state index in [0.717, 1.165) is 0 Å². The normalized spacial score (nSPS) is 9.38. The number of carbonyl (C=O) groups excluding carboxylic acids is 1. The molecule has 0 N–H and O–H groups in total. The Balaban J connectivity index is 2.92. The molecule has 70 valence electrons. The minimum atomic E-state index is -0.458. The van der Waals surface area contributed by atoms with Gasteiger partial charge in [0, 0.05) is 6.20 Å². The molecule has 0 saturated carbocycles. The molecule has 0 amide bonds. The molecular formula is C9H11NO3. The van der Waals surface area contributed by atoms with Crippen molar-refractivity contribution in [1.82, 2.24) is 4.98 Å². The number of hydrogen-bond acceptors (Lipinski definition) is 4. The number of esters is 1. The van der Waals surface area contributed by atoms with Crippen molar-refractivity contribution in [1.29, 1.82) is 0 Å². The van der Waals surface area contributed by atoms with Crippen LogP contribution in [0.3, 0.4) is 0 Å². The molecule has 0 aliphatic carbocycles. The number of carbonyl (C=O) groups is 1. The largest absolute Gasteiger partial charge is 0.494 e. The third kappa shape index (κ3) is 2.18. The van der Waals surface area contributed by atoms with Gasteiger partial charge in [-0.1, -0.05) is 0 Å². The second kappa shape index (κ2) is 4.45. The monoisotopic (exact) mass is 181 g/mol. The zero-order chi connectivity index (χ0) is 9.68. The lowest BCUT2D eigenvalue weighted by Crippen LogP contribution is -2.08. The number of nitrogens with zero attached hydrogens (tertiary/aromatic N) is 1. The van der Waals surface area contributed by atoms with Crippen LogP contribution in [-0.2, 0) is 4.74 Å². The van der Waals surface area contributed by atoms with Crippen LogP contribution in [0.4, 0.5) is 0 Å². The minimum Gasteiger partial charge on any atom is -0.494 e. The average Bonchev–Trinajstić information content (AvgIpc) is 2.18. The van der Waals surface area contributed by atoms with Crippen molar-refractivity contribution < 1.29 is 14.3 Å². The number of pyridine rings is 1. The summed E-state index contributed by atoms with van der Waals surface area (Å²) in [5.41, 5.74) is 0.215. The molecule has 4 heteroatoms. The fourth-order valence-electron chi connectivity index (χ4n) is 0.908. The van der Waals surface area contributed by atoms with Gasteiger partial charge in [0.1, 0.15) is 0 Å². The van der Waals surface area contributed by atoms with Gasteiger partial charge in [0.25, 0.3) is 0 Å². The topological polar surface area (TPSA) is 48.4 Å². The Morgan fingerprint density at radius 1 is 1.62 bits per heavy atom. The predicted octanol–water partition coefficient (Wildman–Crippen LogP) is 1.27. The van der Waals surface area contributed by atoms with Gasteiger partial charge in [-0.25, -0.2) is 9.78 Å². The standard InChI is InChI=1S/C9H11NO3/c1-3-13-9(11)8-7(12-2)5-4-6-10-8/h4-6H,3H2,1-2H3. The summed E-state index contributed by atoms with van der Waals surface area (Å²) in [6.07, 6.45) is 1.52. The van der Waals surface area contributed by atoms with Crippen LogP contribution in [0.15, 0.2) is 18.3 Å². The molecule has 13 heavy (non-hydrogen) atoms. The fraction of sp³-hybridized carbons (Fsp3) is 0.333. The van der Waals surface area contributed by atoms with E-state index in [1.807, 2.05) is 0 Å². The first-order valence-corrected chi connectivity index (χ1v) is 3.95. The highest BCUT2D eigenvalue weighted by atomic mass is 16.5. The zero-order valence-electron chi connectivity index (χ0n) is 7.61. The summed E-state index contributed by atoms with van der Waals surface area (Å²) in [5, 5.41) is 0. The number of ether oxygens (including phenoxy) is 2. The smallest absolute Gasteiger partial charge is 0.360 e. The van der Waals surface area contributed by atoms with E-state index in [9.17, 15) is 4.79 Å². The molecule has 0 saturated heterocycles. The highest BCUT2D eigenvalue weighted by molar-refractivity contribution is 5.90. The van der Waals surface area contributed by atoms with E-state index in [0.29, 0.717) is 12.4 Å². The van der Waals surface area contributed by atoms with Crippen molar-refractivity contribution in [2.45, 2.75) is 6.92 Å². The fourth-order valence-corrected chi connectivity index (χ4v) is 0.908. The van der Waals surface area contributed by atoms with Gasteiger partial charge >= 0.3 is 5.97 Å². The van der Waals surface area contributed by atoms with Crippen molar-refractivity contribution in [2.75, 3.05) is 13.7 Å². The van der Waals surface area contributed by atoms with E-state index >= 15 is 0 Å². The first kappa shape index (κ1) is 9.51. The van der Waals surface area contributed by atoms with Crippen LogP contribution in [-0.4, -0.2) is 24.7 Å². The Labute approximate surface area is 76.5 Å². The summed E-state index contributed by atoms with van der Waals surface area (Å²) in [5.74, 6) is -0.0269. The third-order valence-corrected chi connectivity index (χ3v) is 1.46. The highest BCUT2D eigenvalue weighted by Crippen LogP contribution is 2.14. The minimum absolute atomic E-state index is 0.215. The van der Waals surface area contributed by atoms with E-state index in [1.54, 1.807) is 19.1 Å². The molecular weight excluding hydrogens is 170 g/mol. The zero-order valence-corrected chi connectivity index (χ0v) is 7.61. The van der Waals surface area contributed by atoms with E-state index in [-0.39, 0.29) is 5.69 Å². The maximum atomic E-state index is 11.3. The quantitative estimate of drug-likeness (QED) is 0.659. The van der Waals surface area contributed by atoms with Crippen molar-refractivity contribution >= 4 is 5.97 Å². The molecule has 0 atom stereocenters. The molecule has 0 bridgehead atoms. The van der Waals surface area contributed by atoms with Gasteiger partial charge in [-0.05, 0) is 19.1 Å². The van der Waals surface area contributed by atoms with E-state index < -0.39 is 5.97 Å². The highest BCUT2D eigenvalue weighted by Gasteiger charge is 2.13. The molecule has 0 aliphatic heterocycles. The van der Waals surface area contributed by atoms with Gasteiger partial charge in [0.05, 0.1) is 13.7 Å². The number of hydrogen-bond donors (Lipinski definition) is 0. The second-order valence-electron chi connectivity index (χ2n) is 2.27. The Morgan fingerprint density at radius 3 is 3.00 bits per heavy atom. The van der Waals surface area contributed by atoms with Crippen LogP contribution in [0.2, 0.25) is 0 Å². The molecule has 1 heterocycles. The lowest BCUT2D eigenvalue weighted by Gasteiger charge is -2.05. The lowest BCUT2D eigenvalue weighted by molar-refractivity contribution is 0.0515. The van der Waals surface area contributed by atoms with Crippen molar-refractivity contribution in [3.63, 3.8) is 0 Å². The maximum absolute atomic E-state index is 11.3. The lowest BCUT2D eigenvalue weighted by atomic mass is 10.3. The Bertz CT molecular complexity index is 299. The van der Waals surface area contributed by atoms with Gasteiger partial charge in [-0.2, -0.15) is 0 Å². The Hall–Kier alpha value is -1.58. The van der Waals surface area contributed by atoms with Gasteiger partial charge in [-0.3, -0.25) is 0 Å². The molecule has 0 radical (unpaired) electrons. The molecule has 0 aromatic carbocycles. The Kier molecular flexibility index (Phi) is 3.25. The van der Waals surface area contributed by atoms with Crippen molar-refractivity contribution in [3.05, 3.63) is 24.0 Å². The molecule has 0 unspecified atom stereocenters. The predicted molar refractivity (Wildman–Crippen MR) is 46.7 cm³/mol. The van der Waals surface area contributed by atoms with Crippen molar-refractivity contribution in [3.8, 4) is 5.75 Å². The van der Waals surface area contributed by atoms with Gasteiger partial charge in [0.2, 0.25) is 0 Å². The number of rotatable bonds is 3. The van der Waals surface area contributed by atoms with E-state index in [1.165, 1.54) is 13.3 Å². The SMILES string of the molecule is CCOC(=O)c1ncccc1OC. The van der Waals surface area contributed by atoms with E-state index in [4.69, 9.17) is 9.47 Å². The summed E-state index contributed by atoms with van der Waals surface area (Å²) >= 11 is 0. The first-order chi connectivity index (χ1) is 6.29. The summed E-state index contributed by atoms with van der Waals surface area (Å²) in [7, 11) is 1.49. The number of aromatic nitrogens is 1. The molecule has 0 spiro atoms. The van der Waals surface area contributed by atoms with Crippen LogP contribution in [0.25, 0.3) is 0 Å². The van der Waals surface area contributed by atoms with Crippen LogP contribution in [0.1, 0.15) is 17.4 Å². The molecule has 1 aromatic rings. The van der Waals surface area contributed by atoms with Crippen LogP contribution < -0.4 is 4.74 Å². The van der Waals surface area contributed by atoms with Crippen LogP contribution in [0, 0.1) is 0 Å². The van der Waals surface area contributed by atoms with Crippen LogP contribution in [0.5, 0.6) is 5.75 Å². The van der Waals surface area contributed by atoms with Gasteiger partial charge in [0.15, 0.2) is 11.4 Å². The summed E-state index contributed by atoms with van der Waals surface area (Å²) in [6, 6.07) is 3.36. The Morgan fingerprint density at radius 2 is 2.38 bits per heavy atom. The van der Waals surface area contributed by atoms with E-state index in [2.05, 4.69) is 4.98 Å². The van der Waals surface area contributed by atoms with Crippen LogP contribution >= 0.6 is 0 Å². The average molecular weight is 181 g/mol. The number of methoxy groups -OCH3 is 1. The van der Waals surface area contributed by atoms with Gasteiger partial charge < -0.3 is 9.47 Å². The summed E-state index contributed by atoms with van der Waals surface area (Å²) in [6.45, 7) is 2.08. The maximum Gasteiger partial charge on any atom is 0.360 e. The molecule has 0 aliphatic rings. The molecule has 4 nitrogen and oxygen atoms in total. The molecule has 0 fully saturated rings. The van der Waals surface area contributed by atoms with Crippen molar-refractivity contribution in [2.24, 2.45) is 0 Å². The molecule has 1 rings (SSSR count). The third-order valence-electron chi connectivity index (χ3n) is 1.46.